The molecular weight excluding hydrogens is 440 g/mol. The molecule has 174 valence electrons. The summed E-state index contributed by atoms with van der Waals surface area (Å²) in [4.78, 5) is 27.9. The van der Waals surface area contributed by atoms with Crippen molar-refractivity contribution in [1.29, 1.82) is 0 Å². The molecule has 0 atom stereocenters. The number of nitrogens with one attached hydrogen (secondary N) is 1. The van der Waals surface area contributed by atoms with Crippen LogP contribution in [-0.4, -0.2) is 30.8 Å². The van der Waals surface area contributed by atoms with E-state index < -0.39 is 5.97 Å². The molecule has 0 radical (unpaired) electrons. The third-order valence-corrected chi connectivity index (χ3v) is 6.04. The van der Waals surface area contributed by atoms with E-state index in [1.165, 1.54) is 6.07 Å². The van der Waals surface area contributed by atoms with Gasteiger partial charge in [-0.15, -0.1) is 0 Å². The summed E-state index contributed by atoms with van der Waals surface area (Å²) in [5.41, 5.74) is 6.20. The molecule has 0 aliphatic carbocycles. The second-order valence-electron chi connectivity index (χ2n) is 8.42. The van der Waals surface area contributed by atoms with Crippen molar-refractivity contribution in [3.8, 4) is 22.4 Å². The Hall–Kier alpha value is -4.52. The molecule has 0 spiro atoms. The smallest absolute Gasteiger partial charge is 0.336 e. The van der Waals surface area contributed by atoms with Crippen molar-refractivity contribution in [1.82, 2.24) is 19.7 Å². The van der Waals surface area contributed by atoms with Gasteiger partial charge in [-0.3, -0.25) is 4.79 Å². The summed E-state index contributed by atoms with van der Waals surface area (Å²) < 4.78 is 2.22. The molecule has 7 nitrogen and oxygen atoms in total. The number of carboxylic acids is 1. The summed E-state index contributed by atoms with van der Waals surface area (Å²) in [6, 6.07) is 24.2. The lowest BCUT2D eigenvalue weighted by atomic mass is 9.99. The van der Waals surface area contributed by atoms with E-state index in [4.69, 9.17) is 4.98 Å². The monoisotopic (exact) mass is 464 g/mol. The van der Waals surface area contributed by atoms with Crippen molar-refractivity contribution in [2.45, 2.75) is 26.3 Å². The average molecular weight is 465 g/mol. The van der Waals surface area contributed by atoms with E-state index in [9.17, 15) is 14.7 Å². The molecule has 0 aliphatic heterocycles. The minimum absolute atomic E-state index is 0.237. The highest BCUT2D eigenvalue weighted by Crippen LogP contribution is 2.27. The second kappa shape index (κ2) is 9.38. The molecule has 0 saturated heterocycles. The number of hydrogen-bond donors (Lipinski definition) is 2. The van der Waals surface area contributed by atoms with E-state index in [2.05, 4.69) is 27.8 Å². The summed E-state index contributed by atoms with van der Waals surface area (Å²) in [7, 11) is 0. The summed E-state index contributed by atoms with van der Waals surface area (Å²) in [5, 5.41) is 16.2. The van der Waals surface area contributed by atoms with Crippen LogP contribution in [0.25, 0.3) is 33.4 Å². The zero-order valence-electron chi connectivity index (χ0n) is 19.2. The van der Waals surface area contributed by atoms with E-state index in [-0.39, 0.29) is 11.1 Å². The van der Waals surface area contributed by atoms with Gasteiger partial charge in [-0.1, -0.05) is 55.5 Å². The summed E-state index contributed by atoms with van der Waals surface area (Å²) in [6.07, 6.45) is 1.83. The predicted molar refractivity (Wildman–Crippen MR) is 136 cm³/mol. The number of aromatic carboxylic acids is 1. The standard InChI is InChI=1S/C28H24N4O3/c1-2-5-26-29-24-13-12-20(23-14-15-27(33)31-30-23)16-25(24)32(26)17-18-8-10-19(11-9-18)21-6-3-4-7-22(21)28(34)35/h3-4,6-16H,2,5,17H2,1H3,(H,31,33)(H,34,35). The maximum Gasteiger partial charge on any atom is 0.336 e. The van der Waals surface area contributed by atoms with Crippen LogP contribution < -0.4 is 5.56 Å². The minimum atomic E-state index is -0.938. The first-order valence-electron chi connectivity index (χ1n) is 11.5. The van der Waals surface area contributed by atoms with E-state index in [0.29, 0.717) is 17.8 Å². The summed E-state index contributed by atoms with van der Waals surface area (Å²) in [5.74, 6) is 0.0703. The van der Waals surface area contributed by atoms with Crippen LogP contribution in [0.4, 0.5) is 0 Å². The normalized spacial score (nSPS) is 11.1. The molecule has 5 aromatic rings. The van der Waals surface area contributed by atoms with Gasteiger partial charge < -0.3 is 9.67 Å². The number of aromatic amines is 1. The van der Waals surface area contributed by atoms with E-state index >= 15 is 0 Å². The number of hydrogen-bond acceptors (Lipinski definition) is 4. The van der Waals surface area contributed by atoms with Gasteiger partial charge in [-0.2, -0.15) is 5.10 Å². The van der Waals surface area contributed by atoms with Gasteiger partial charge >= 0.3 is 5.97 Å². The molecule has 0 amide bonds. The number of nitrogens with zero attached hydrogens (tertiary/aromatic N) is 3. The Morgan fingerprint density at radius 1 is 0.971 bits per heavy atom. The molecule has 2 heterocycles. The SMILES string of the molecule is CCCc1nc2ccc(-c3ccc(=O)[nH]n3)cc2n1Cc1ccc(-c2ccccc2C(=O)O)cc1. The van der Waals surface area contributed by atoms with Gasteiger partial charge in [-0.25, -0.2) is 14.9 Å². The molecular formula is C28H24N4O3. The third kappa shape index (κ3) is 4.48. The van der Waals surface area contributed by atoms with Gasteiger partial charge in [0.2, 0.25) is 0 Å². The number of carboxylic acid groups (broad SMARTS) is 1. The Labute approximate surface area is 201 Å². The summed E-state index contributed by atoms with van der Waals surface area (Å²) >= 11 is 0. The largest absolute Gasteiger partial charge is 0.478 e. The van der Waals surface area contributed by atoms with Crippen LogP contribution in [0, 0.1) is 0 Å². The van der Waals surface area contributed by atoms with E-state index in [1.54, 1.807) is 18.2 Å². The van der Waals surface area contributed by atoms with Crippen molar-refractivity contribution >= 4 is 17.0 Å². The van der Waals surface area contributed by atoms with Crippen LogP contribution in [0.3, 0.4) is 0 Å². The Bertz CT molecular complexity index is 1560. The molecule has 3 aromatic carbocycles. The topological polar surface area (TPSA) is 101 Å². The zero-order valence-corrected chi connectivity index (χ0v) is 19.2. The van der Waals surface area contributed by atoms with Gasteiger partial charge in [-0.05, 0) is 47.4 Å². The lowest BCUT2D eigenvalue weighted by Gasteiger charge is -2.11. The quantitative estimate of drug-likeness (QED) is 0.347. The van der Waals surface area contributed by atoms with Crippen LogP contribution in [0.5, 0.6) is 0 Å². The number of imidazole rings is 1. The van der Waals surface area contributed by atoms with Gasteiger partial charge in [0, 0.05) is 24.6 Å². The molecule has 0 bridgehead atoms. The fraction of sp³-hybridized carbons (Fsp3) is 0.143. The van der Waals surface area contributed by atoms with E-state index in [1.807, 2.05) is 48.5 Å². The number of aromatic nitrogens is 4. The van der Waals surface area contributed by atoms with Crippen LogP contribution in [-0.2, 0) is 13.0 Å². The molecule has 7 heteroatoms. The molecule has 35 heavy (non-hydrogen) atoms. The lowest BCUT2D eigenvalue weighted by Crippen LogP contribution is -2.06. The van der Waals surface area contributed by atoms with Crippen LogP contribution >= 0.6 is 0 Å². The molecule has 2 N–H and O–H groups in total. The Morgan fingerprint density at radius 3 is 2.46 bits per heavy atom. The molecule has 0 aliphatic rings. The number of benzene rings is 3. The van der Waals surface area contributed by atoms with Crippen molar-refractivity contribution < 1.29 is 9.90 Å². The molecule has 0 saturated carbocycles. The maximum absolute atomic E-state index is 11.6. The van der Waals surface area contributed by atoms with Crippen LogP contribution in [0.15, 0.2) is 83.7 Å². The highest BCUT2D eigenvalue weighted by molar-refractivity contribution is 5.96. The van der Waals surface area contributed by atoms with Crippen molar-refractivity contribution in [3.63, 3.8) is 0 Å². The van der Waals surface area contributed by atoms with Crippen molar-refractivity contribution in [3.05, 3.63) is 106 Å². The second-order valence-corrected chi connectivity index (χ2v) is 8.42. The highest BCUT2D eigenvalue weighted by atomic mass is 16.4. The summed E-state index contributed by atoms with van der Waals surface area (Å²) in [6.45, 7) is 2.77. The number of carbonyl (C=O) groups is 1. The fourth-order valence-electron chi connectivity index (χ4n) is 4.32. The van der Waals surface area contributed by atoms with E-state index in [0.717, 1.165) is 46.4 Å². The number of aryl methyl sites for hydroxylation is 1. The average Bonchev–Trinajstić information content (AvgIpc) is 3.21. The molecule has 0 unspecified atom stereocenters. The fourth-order valence-corrected chi connectivity index (χ4v) is 4.32. The maximum atomic E-state index is 11.6. The first kappa shape index (κ1) is 22.3. The van der Waals surface area contributed by atoms with Gasteiger partial charge in [0.1, 0.15) is 5.82 Å². The molecule has 5 rings (SSSR count). The number of fused-ring (bicyclic) bond motifs is 1. The molecule has 0 fully saturated rings. The number of rotatable bonds is 7. The van der Waals surface area contributed by atoms with Crippen LogP contribution in [0.2, 0.25) is 0 Å². The first-order valence-corrected chi connectivity index (χ1v) is 11.5. The van der Waals surface area contributed by atoms with Gasteiger partial charge in [0.25, 0.3) is 5.56 Å². The predicted octanol–water partition coefficient (Wildman–Crippen LogP) is 5.15. The number of H-pyrrole nitrogens is 1. The minimum Gasteiger partial charge on any atom is -0.478 e. The first-order chi connectivity index (χ1) is 17.0. The Kier molecular flexibility index (Phi) is 5.97. The third-order valence-electron chi connectivity index (χ3n) is 6.04. The van der Waals surface area contributed by atoms with Gasteiger partial charge in [0.05, 0.1) is 22.3 Å². The van der Waals surface area contributed by atoms with Crippen LogP contribution in [0.1, 0.15) is 35.1 Å². The Morgan fingerprint density at radius 2 is 1.74 bits per heavy atom. The molecule has 2 aromatic heterocycles. The van der Waals surface area contributed by atoms with Crippen molar-refractivity contribution in [2.24, 2.45) is 0 Å². The lowest BCUT2D eigenvalue weighted by molar-refractivity contribution is 0.0697. The zero-order chi connectivity index (χ0) is 24.4. The van der Waals surface area contributed by atoms with Gasteiger partial charge in [0.15, 0.2) is 0 Å². The van der Waals surface area contributed by atoms with Crippen molar-refractivity contribution in [2.75, 3.05) is 0 Å². The highest BCUT2D eigenvalue weighted by Gasteiger charge is 2.14. The Balaban J connectivity index is 1.52.